The summed E-state index contributed by atoms with van der Waals surface area (Å²) in [6, 6.07) is 0. The van der Waals surface area contributed by atoms with Crippen LogP contribution in [0, 0.1) is 5.92 Å². The van der Waals surface area contributed by atoms with Crippen molar-refractivity contribution in [3.8, 4) is 0 Å². The molecule has 1 fully saturated rings. The van der Waals surface area contributed by atoms with Crippen LogP contribution in [0.3, 0.4) is 0 Å². The van der Waals surface area contributed by atoms with Crippen molar-refractivity contribution in [2.75, 3.05) is 6.73 Å². The molecule has 7 heteroatoms. The Morgan fingerprint density at radius 1 is 1.58 bits per heavy atom. The molecule has 0 radical (unpaired) electrons. The Morgan fingerprint density at radius 2 is 2.47 bits per heavy atom. The van der Waals surface area contributed by atoms with Crippen LogP contribution in [0.25, 0.3) is 11.3 Å². The van der Waals surface area contributed by atoms with Crippen LogP contribution in [0.2, 0.25) is 0 Å². The van der Waals surface area contributed by atoms with Crippen molar-refractivity contribution >= 4 is 30.8 Å². The monoisotopic (exact) mass is 299 g/mol. The lowest BCUT2D eigenvalue weighted by Gasteiger charge is -2.28. The minimum Gasteiger partial charge on any atom is -0.477 e. The van der Waals surface area contributed by atoms with Gasteiger partial charge in [0, 0.05) is 6.42 Å². The number of rotatable bonds is 4. The molecule has 0 aromatic carbocycles. The Hall–Kier alpha value is -0.810. The lowest BCUT2D eigenvalue weighted by molar-refractivity contribution is 0.245. The number of fused-ring (bicyclic) bond motifs is 2. The summed E-state index contributed by atoms with van der Waals surface area (Å²) in [4.78, 5) is 13.2. The standard InChI is InChI=1S/C12H15N2O3PS/c15-18(16)14-6-17-10-5-8-3-1-2-4-9(8)11-12(10)19-7-13-11/h7-8H,1-6H2,(H-,14,15,16)/p+1. The molecule has 19 heavy (non-hydrogen) atoms. The highest BCUT2D eigenvalue weighted by molar-refractivity contribution is 7.35. The summed E-state index contributed by atoms with van der Waals surface area (Å²) in [5.41, 5.74) is 3.34. The molecule has 1 heterocycles. The second kappa shape index (κ2) is 5.67. The molecule has 2 unspecified atom stereocenters. The van der Waals surface area contributed by atoms with Gasteiger partial charge < -0.3 is 4.74 Å². The van der Waals surface area contributed by atoms with Gasteiger partial charge in [-0.05, 0) is 40.4 Å². The first kappa shape index (κ1) is 13.2. The Bertz CT molecular complexity index is 613. The molecule has 3 rings (SSSR count). The van der Waals surface area contributed by atoms with E-state index in [1.165, 1.54) is 24.8 Å². The molecule has 0 bridgehead atoms. The maximum Gasteiger partial charge on any atom is 0.613 e. The molecule has 2 atom stereocenters. The van der Waals surface area contributed by atoms with Crippen LogP contribution < -0.4 is 15.0 Å². The Morgan fingerprint density at radius 3 is 3.32 bits per heavy atom. The van der Waals surface area contributed by atoms with E-state index in [-0.39, 0.29) is 6.73 Å². The van der Waals surface area contributed by atoms with Gasteiger partial charge in [0.1, 0.15) is 5.76 Å². The van der Waals surface area contributed by atoms with Gasteiger partial charge in [-0.15, -0.1) is 16.2 Å². The fraction of sp³-hybridized carbons (Fsp3) is 0.583. The molecule has 1 saturated carbocycles. The molecule has 1 aromatic rings. The van der Waals surface area contributed by atoms with Crippen molar-refractivity contribution in [1.82, 2.24) is 10.1 Å². The van der Waals surface area contributed by atoms with Gasteiger partial charge in [0.2, 0.25) is 0 Å². The van der Waals surface area contributed by atoms with Gasteiger partial charge >= 0.3 is 8.18 Å². The molecule has 2 N–H and O–H groups in total. The molecule has 0 saturated heterocycles. The predicted octanol–water partition coefficient (Wildman–Crippen LogP) is 1.21. The molecular weight excluding hydrogens is 283 g/mol. The summed E-state index contributed by atoms with van der Waals surface area (Å²) >= 11 is 1.59. The Labute approximate surface area is 115 Å². The SMILES string of the molecule is O=[P+](O)NCOC1=c2scnc2=C2CCCCC2C1. The predicted molar refractivity (Wildman–Crippen MR) is 73.7 cm³/mol. The van der Waals surface area contributed by atoms with Gasteiger partial charge in [0.05, 0.1) is 15.4 Å². The normalized spacial score (nSPS) is 22.8. The molecule has 102 valence electrons. The first-order valence-electron chi connectivity index (χ1n) is 6.44. The van der Waals surface area contributed by atoms with E-state index in [4.69, 9.17) is 9.63 Å². The van der Waals surface area contributed by atoms with Crippen molar-refractivity contribution in [3.63, 3.8) is 0 Å². The largest absolute Gasteiger partial charge is 0.613 e. The first-order valence-corrected chi connectivity index (χ1v) is 8.53. The van der Waals surface area contributed by atoms with Gasteiger partial charge in [0.15, 0.2) is 6.73 Å². The molecule has 0 spiro atoms. The second-order valence-corrected chi connectivity index (χ2v) is 6.56. The maximum atomic E-state index is 10.6. The van der Waals surface area contributed by atoms with Crippen LogP contribution >= 0.6 is 19.5 Å². The molecule has 1 aromatic heterocycles. The third-order valence-electron chi connectivity index (χ3n) is 3.74. The topological polar surface area (TPSA) is 71.5 Å². The van der Waals surface area contributed by atoms with Crippen LogP contribution in [0.15, 0.2) is 5.51 Å². The van der Waals surface area contributed by atoms with Gasteiger partial charge in [-0.25, -0.2) is 4.98 Å². The fourth-order valence-electron chi connectivity index (χ4n) is 2.91. The summed E-state index contributed by atoms with van der Waals surface area (Å²) in [5, 5.41) is 3.49. The van der Waals surface area contributed by atoms with Gasteiger partial charge in [-0.3, -0.25) is 0 Å². The van der Waals surface area contributed by atoms with E-state index < -0.39 is 8.18 Å². The highest BCUT2D eigenvalue weighted by atomic mass is 32.1. The van der Waals surface area contributed by atoms with Crippen molar-refractivity contribution in [3.05, 3.63) is 15.4 Å². The fourth-order valence-corrected chi connectivity index (χ4v) is 3.92. The second-order valence-electron chi connectivity index (χ2n) is 4.85. The van der Waals surface area contributed by atoms with Crippen LogP contribution in [0.4, 0.5) is 0 Å². The average molecular weight is 299 g/mol. The molecule has 5 nitrogen and oxygen atoms in total. The molecule has 2 aliphatic carbocycles. The van der Waals surface area contributed by atoms with Gasteiger partial charge in [0.25, 0.3) is 0 Å². The van der Waals surface area contributed by atoms with Crippen molar-refractivity contribution in [2.24, 2.45) is 5.92 Å². The summed E-state index contributed by atoms with van der Waals surface area (Å²) in [5.74, 6) is 1.46. The smallest absolute Gasteiger partial charge is 0.477 e. The Balaban J connectivity index is 1.92. The van der Waals surface area contributed by atoms with E-state index in [0.29, 0.717) is 5.92 Å². The van der Waals surface area contributed by atoms with Crippen LogP contribution in [-0.2, 0) is 9.30 Å². The molecule has 2 aliphatic rings. The van der Waals surface area contributed by atoms with E-state index in [1.807, 2.05) is 5.51 Å². The van der Waals surface area contributed by atoms with Crippen molar-refractivity contribution < 1.29 is 14.2 Å². The van der Waals surface area contributed by atoms with Crippen molar-refractivity contribution in [1.29, 1.82) is 0 Å². The number of nitrogens with zero attached hydrogens (tertiary/aromatic N) is 1. The number of ether oxygens (including phenoxy) is 1. The summed E-state index contributed by atoms with van der Waals surface area (Å²) in [6.45, 7) is 0.0699. The Kier molecular flexibility index (Phi) is 3.93. The van der Waals surface area contributed by atoms with E-state index in [1.54, 1.807) is 11.3 Å². The third-order valence-corrected chi connectivity index (χ3v) is 5.01. The minimum atomic E-state index is -2.35. The van der Waals surface area contributed by atoms with E-state index in [0.717, 1.165) is 28.5 Å². The number of hydrogen-bond acceptors (Lipinski definition) is 4. The number of aromatic nitrogens is 1. The van der Waals surface area contributed by atoms with E-state index >= 15 is 0 Å². The minimum absolute atomic E-state index is 0.0699. The lowest BCUT2D eigenvalue weighted by atomic mass is 9.80. The summed E-state index contributed by atoms with van der Waals surface area (Å²) in [7, 11) is -2.35. The molecular formula is C12H16N2O3PS+. The zero-order chi connectivity index (χ0) is 13.2. The highest BCUT2D eigenvalue weighted by Crippen LogP contribution is 2.35. The van der Waals surface area contributed by atoms with Gasteiger partial charge in [-0.1, -0.05) is 6.42 Å². The first-order chi connectivity index (χ1) is 9.25. The van der Waals surface area contributed by atoms with Gasteiger partial charge in [-0.2, -0.15) is 0 Å². The van der Waals surface area contributed by atoms with E-state index in [2.05, 4.69) is 10.1 Å². The number of hydrogen-bond donors (Lipinski definition) is 2. The molecule has 0 aliphatic heterocycles. The zero-order valence-electron chi connectivity index (χ0n) is 10.5. The molecule has 0 amide bonds. The average Bonchev–Trinajstić information content (AvgIpc) is 2.88. The summed E-state index contributed by atoms with van der Waals surface area (Å²) < 4.78 is 17.3. The third kappa shape index (κ3) is 2.72. The van der Waals surface area contributed by atoms with Crippen molar-refractivity contribution in [2.45, 2.75) is 32.1 Å². The number of nitrogens with one attached hydrogen (secondary N) is 1. The van der Waals surface area contributed by atoms with Crippen LogP contribution in [0.1, 0.15) is 32.1 Å². The maximum absolute atomic E-state index is 10.6. The lowest BCUT2D eigenvalue weighted by Crippen LogP contribution is -2.36. The van der Waals surface area contributed by atoms with E-state index in [9.17, 15) is 4.57 Å². The number of thiazole rings is 1. The summed E-state index contributed by atoms with van der Waals surface area (Å²) in [6.07, 6.45) is 5.76. The highest BCUT2D eigenvalue weighted by Gasteiger charge is 2.27. The van der Waals surface area contributed by atoms with Crippen LogP contribution in [0.5, 0.6) is 0 Å². The van der Waals surface area contributed by atoms with Crippen LogP contribution in [-0.4, -0.2) is 16.6 Å². The zero-order valence-corrected chi connectivity index (χ0v) is 12.2. The quantitative estimate of drug-likeness (QED) is 0.646.